The Morgan fingerprint density at radius 2 is 1.73 bits per heavy atom. The van der Waals surface area contributed by atoms with Crippen LogP contribution in [0.25, 0.3) is 10.9 Å². The molecule has 2 fully saturated rings. The molecular weight excluding hydrogens is 414 g/mol. The maximum atomic E-state index is 13.0. The Balaban J connectivity index is 1.28. The van der Waals surface area contributed by atoms with Crippen LogP contribution in [0.15, 0.2) is 66.9 Å². The molecule has 3 aromatic rings. The second kappa shape index (κ2) is 8.50. The molecule has 1 atom stereocenters. The Kier molecular flexibility index (Phi) is 5.52. The molecule has 0 spiro atoms. The Bertz CT molecular complexity index is 1160. The van der Waals surface area contributed by atoms with E-state index >= 15 is 0 Å². The molecule has 33 heavy (non-hydrogen) atoms. The highest BCUT2D eigenvalue weighted by Crippen LogP contribution is 2.44. The van der Waals surface area contributed by atoms with Crippen molar-refractivity contribution in [3.8, 4) is 0 Å². The van der Waals surface area contributed by atoms with E-state index in [0.29, 0.717) is 5.56 Å². The maximum absolute atomic E-state index is 13.0. The lowest BCUT2D eigenvalue weighted by Crippen LogP contribution is -2.46. The van der Waals surface area contributed by atoms with Crippen LogP contribution >= 0.6 is 0 Å². The zero-order valence-electron chi connectivity index (χ0n) is 19.0. The number of rotatable bonds is 4. The van der Waals surface area contributed by atoms with Crippen LogP contribution in [-0.2, 0) is 4.74 Å². The molecule has 1 saturated heterocycles. The second-order valence-electron chi connectivity index (χ2n) is 9.55. The third-order valence-electron chi connectivity index (χ3n) is 6.92. The first-order valence-corrected chi connectivity index (χ1v) is 11.6. The zero-order chi connectivity index (χ0) is 23.0. The Labute approximate surface area is 194 Å². The summed E-state index contributed by atoms with van der Waals surface area (Å²) in [6, 6.07) is 19.7. The van der Waals surface area contributed by atoms with Gasteiger partial charge in [-0.05, 0) is 57.2 Å². The summed E-state index contributed by atoms with van der Waals surface area (Å²) in [5, 5.41) is 4.15. The van der Waals surface area contributed by atoms with Crippen molar-refractivity contribution in [3.63, 3.8) is 0 Å². The van der Waals surface area contributed by atoms with Gasteiger partial charge in [-0.15, -0.1) is 0 Å². The molecule has 2 aliphatic rings. The van der Waals surface area contributed by atoms with Gasteiger partial charge in [0.15, 0.2) is 0 Å². The zero-order valence-corrected chi connectivity index (χ0v) is 19.0. The first kappa shape index (κ1) is 21.4. The van der Waals surface area contributed by atoms with Gasteiger partial charge in [0.05, 0.1) is 17.1 Å². The number of benzene rings is 2. The lowest BCUT2D eigenvalue weighted by molar-refractivity contribution is 0.0663. The van der Waals surface area contributed by atoms with Crippen LogP contribution in [-0.4, -0.2) is 39.6 Å². The topological polar surface area (TPSA) is 71.5 Å². The molecule has 2 heterocycles. The highest BCUT2D eigenvalue weighted by Gasteiger charge is 2.51. The molecule has 1 aliphatic carbocycles. The minimum Gasteiger partial charge on any atom is -0.441 e. The maximum Gasteiger partial charge on any atom is 0.411 e. The number of carbonyl (C=O) groups is 2. The Morgan fingerprint density at radius 1 is 1.00 bits per heavy atom. The van der Waals surface area contributed by atoms with Crippen LogP contribution in [0.2, 0.25) is 0 Å². The number of aromatic nitrogens is 1. The van der Waals surface area contributed by atoms with Gasteiger partial charge in [-0.3, -0.25) is 14.7 Å². The average molecular weight is 444 g/mol. The second-order valence-corrected chi connectivity index (χ2v) is 9.55. The summed E-state index contributed by atoms with van der Waals surface area (Å²) in [7, 11) is 0. The van der Waals surface area contributed by atoms with Gasteiger partial charge < -0.3 is 10.1 Å². The highest BCUT2D eigenvalue weighted by molar-refractivity contribution is 6.05. The third kappa shape index (κ3) is 4.06. The first-order valence-electron chi connectivity index (χ1n) is 11.6. The fourth-order valence-corrected chi connectivity index (χ4v) is 5.38. The van der Waals surface area contributed by atoms with Crippen LogP contribution in [0, 0.1) is 0 Å². The number of amides is 2. The van der Waals surface area contributed by atoms with E-state index in [1.54, 1.807) is 6.20 Å². The predicted molar refractivity (Wildman–Crippen MR) is 127 cm³/mol. The summed E-state index contributed by atoms with van der Waals surface area (Å²) < 4.78 is 5.78. The standard InChI is InChI=1S/C27H29N3O3/c1-27(2)24(19-8-4-3-5-9-19)30(26(32)33-27)21-15-13-20(14-16-21)29-25(31)22-12-6-10-18-11-7-17-28-23(18)22/h3-12,17,20-21,24H,13-16H2,1-2H3,(H,29,31)/t20?,21?,24-/m0/s1. The van der Waals surface area contributed by atoms with Gasteiger partial charge in [-0.1, -0.05) is 48.5 Å². The number of ether oxygens (including phenoxy) is 1. The van der Waals surface area contributed by atoms with Crippen LogP contribution in [0.4, 0.5) is 4.79 Å². The van der Waals surface area contributed by atoms with Gasteiger partial charge in [-0.25, -0.2) is 4.79 Å². The molecule has 1 aliphatic heterocycles. The molecule has 0 radical (unpaired) electrons. The van der Waals surface area contributed by atoms with Gasteiger partial charge in [0.1, 0.15) is 5.60 Å². The molecule has 5 rings (SSSR count). The van der Waals surface area contributed by atoms with E-state index in [-0.39, 0.29) is 30.1 Å². The number of fused-ring (bicyclic) bond motifs is 1. The SMILES string of the molecule is CC1(C)OC(=O)N(C2CCC(NC(=O)c3cccc4cccnc34)CC2)[C@H]1c1ccccc1. The summed E-state index contributed by atoms with van der Waals surface area (Å²) in [6.45, 7) is 3.96. The number of pyridine rings is 1. The molecule has 1 saturated carbocycles. The molecule has 0 unspecified atom stereocenters. The van der Waals surface area contributed by atoms with Crippen molar-refractivity contribution >= 4 is 22.9 Å². The highest BCUT2D eigenvalue weighted by atomic mass is 16.6. The summed E-state index contributed by atoms with van der Waals surface area (Å²) >= 11 is 0. The monoisotopic (exact) mass is 443 g/mol. The summed E-state index contributed by atoms with van der Waals surface area (Å²) in [6.07, 6.45) is 4.76. The van der Waals surface area contributed by atoms with Crippen molar-refractivity contribution in [1.82, 2.24) is 15.2 Å². The summed E-state index contributed by atoms with van der Waals surface area (Å²) in [4.78, 5) is 32.2. The third-order valence-corrected chi connectivity index (χ3v) is 6.92. The number of cyclic esters (lactones) is 1. The lowest BCUT2D eigenvalue weighted by atomic mass is 9.86. The summed E-state index contributed by atoms with van der Waals surface area (Å²) in [5.41, 5.74) is 1.82. The van der Waals surface area contributed by atoms with E-state index in [1.165, 1.54) is 0 Å². The minimum atomic E-state index is -0.592. The van der Waals surface area contributed by atoms with E-state index in [0.717, 1.165) is 42.1 Å². The van der Waals surface area contributed by atoms with Crippen molar-refractivity contribution in [2.45, 2.75) is 63.3 Å². The number of carbonyl (C=O) groups excluding carboxylic acids is 2. The van der Waals surface area contributed by atoms with Crippen molar-refractivity contribution in [2.75, 3.05) is 0 Å². The number of para-hydroxylation sites is 1. The molecule has 1 N–H and O–H groups in total. The van der Waals surface area contributed by atoms with Crippen LogP contribution in [0.1, 0.15) is 61.5 Å². The number of nitrogens with one attached hydrogen (secondary N) is 1. The fraction of sp³-hybridized carbons (Fsp3) is 0.370. The fourth-order valence-electron chi connectivity index (χ4n) is 5.38. The quantitative estimate of drug-likeness (QED) is 0.598. The smallest absolute Gasteiger partial charge is 0.411 e. The van der Waals surface area contributed by atoms with E-state index in [1.807, 2.05) is 67.3 Å². The Hall–Kier alpha value is -3.41. The van der Waals surface area contributed by atoms with Gasteiger partial charge in [-0.2, -0.15) is 0 Å². The van der Waals surface area contributed by atoms with Gasteiger partial charge in [0.25, 0.3) is 5.91 Å². The van der Waals surface area contributed by atoms with E-state index < -0.39 is 5.60 Å². The van der Waals surface area contributed by atoms with E-state index in [4.69, 9.17) is 4.74 Å². The number of nitrogens with zero attached hydrogens (tertiary/aromatic N) is 2. The van der Waals surface area contributed by atoms with Crippen molar-refractivity contribution in [1.29, 1.82) is 0 Å². The summed E-state index contributed by atoms with van der Waals surface area (Å²) in [5.74, 6) is -0.0911. The molecule has 2 aromatic carbocycles. The molecular formula is C27H29N3O3. The molecule has 6 heteroatoms. The molecule has 6 nitrogen and oxygen atoms in total. The lowest BCUT2D eigenvalue weighted by Gasteiger charge is -2.38. The van der Waals surface area contributed by atoms with Crippen LogP contribution in [0.5, 0.6) is 0 Å². The van der Waals surface area contributed by atoms with E-state index in [2.05, 4.69) is 22.4 Å². The molecule has 170 valence electrons. The van der Waals surface area contributed by atoms with Gasteiger partial charge in [0, 0.05) is 23.7 Å². The van der Waals surface area contributed by atoms with Gasteiger partial charge >= 0.3 is 6.09 Å². The molecule has 2 amide bonds. The molecule has 1 aromatic heterocycles. The Morgan fingerprint density at radius 3 is 2.48 bits per heavy atom. The normalized spacial score (nSPS) is 24.5. The molecule has 0 bridgehead atoms. The van der Waals surface area contributed by atoms with Crippen molar-refractivity contribution in [3.05, 3.63) is 78.0 Å². The number of hydrogen-bond acceptors (Lipinski definition) is 4. The van der Waals surface area contributed by atoms with Crippen molar-refractivity contribution in [2.24, 2.45) is 0 Å². The number of hydrogen-bond donors (Lipinski definition) is 1. The first-order chi connectivity index (χ1) is 15.9. The van der Waals surface area contributed by atoms with Gasteiger partial charge in [0.2, 0.25) is 0 Å². The average Bonchev–Trinajstić information content (AvgIpc) is 3.07. The largest absolute Gasteiger partial charge is 0.441 e. The minimum absolute atomic E-state index is 0.0783. The van der Waals surface area contributed by atoms with Crippen LogP contribution < -0.4 is 5.32 Å². The van der Waals surface area contributed by atoms with E-state index in [9.17, 15) is 9.59 Å². The van der Waals surface area contributed by atoms with Crippen LogP contribution in [0.3, 0.4) is 0 Å². The van der Waals surface area contributed by atoms with Crippen molar-refractivity contribution < 1.29 is 14.3 Å². The predicted octanol–water partition coefficient (Wildman–Crippen LogP) is 5.25.